The quantitative estimate of drug-likeness (QED) is 0.423. The van der Waals surface area contributed by atoms with E-state index in [4.69, 9.17) is 11.6 Å². The first-order chi connectivity index (χ1) is 14.6. The highest BCUT2D eigenvalue weighted by molar-refractivity contribution is 6.21. The number of piperidine rings is 1. The first kappa shape index (κ1) is 22.2. The number of alkyl halides is 1. The number of benzene rings is 1. The predicted molar refractivity (Wildman–Crippen MR) is 130 cm³/mol. The van der Waals surface area contributed by atoms with Crippen LogP contribution in [0.5, 0.6) is 0 Å². The van der Waals surface area contributed by atoms with Crippen molar-refractivity contribution in [3.8, 4) is 0 Å². The third kappa shape index (κ3) is 5.60. The summed E-state index contributed by atoms with van der Waals surface area (Å²) in [7, 11) is 0. The number of halogens is 1. The summed E-state index contributed by atoms with van der Waals surface area (Å²) in [5.41, 5.74) is 2.83. The zero-order chi connectivity index (χ0) is 20.9. The molecule has 3 nitrogen and oxygen atoms in total. The van der Waals surface area contributed by atoms with Crippen molar-refractivity contribution in [3.05, 3.63) is 42.0 Å². The maximum Gasteiger partial charge on any atom is 0.0516 e. The van der Waals surface area contributed by atoms with Gasteiger partial charge in [-0.25, -0.2) is 0 Å². The van der Waals surface area contributed by atoms with Gasteiger partial charge in [-0.15, -0.1) is 11.6 Å². The molecule has 1 fully saturated rings. The van der Waals surface area contributed by atoms with Gasteiger partial charge < -0.3 is 15.5 Å². The summed E-state index contributed by atoms with van der Waals surface area (Å²) in [5.74, 6) is 2.94. The van der Waals surface area contributed by atoms with E-state index in [0.717, 1.165) is 31.3 Å². The molecule has 1 aliphatic carbocycles. The molecule has 2 N–H and O–H groups in total. The molecule has 4 rings (SSSR count). The maximum absolute atomic E-state index is 6.23. The molecule has 3 aliphatic rings. The van der Waals surface area contributed by atoms with E-state index in [0.29, 0.717) is 17.9 Å². The number of hydrogen-bond donors (Lipinski definition) is 2. The monoisotopic (exact) mass is 429 g/mol. The van der Waals surface area contributed by atoms with Gasteiger partial charge in [-0.05, 0) is 81.1 Å². The molecule has 0 spiro atoms. The number of likely N-dealkylation sites (tertiary alicyclic amines) is 1. The molecule has 4 atom stereocenters. The first-order valence-corrected chi connectivity index (χ1v) is 12.6. The lowest BCUT2D eigenvalue weighted by Crippen LogP contribution is -2.47. The minimum atomic E-state index is 0.271. The summed E-state index contributed by atoms with van der Waals surface area (Å²) < 4.78 is 0. The second-order valence-corrected chi connectivity index (χ2v) is 10.6. The van der Waals surface area contributed by atoms with Gasteiger partial charge >= 0.3 is 0 Å². The number of nitrogens with zero attached hydrogens (tertiary/aromatic N) is 1. The Morgan fingerprint density at radius 3 is 2.63 bits per heavy atom. The lowest BCUT2D eigenvalue weighted by atomic mass is 9.79. The average molecular weight is 430 g/mol. The molecule has 0 bridgehead atoms. The van der Waals surface area contributed by atoms with Crippen molar-refractivity contribution in [3.63, 3.8) is 0 Å². The molecule has 1 saturated heterocycles. The number of allylic oxidation sites excluding steroid dienone is 2. The van der Waals surface area contributed by atoms with Gasteiger partial charge in [0.15, 0.2) is 0 Å². The number of fused-ring (bicyclic) bond motifs is 1. The topological polar surface area (TPSA) is 27.3 Å². The van der Waals surface area contributed by atoms with Gasteiger partial charge in [0.2, 0.25) is 0 Å². The van der Waals surface area contributed by atoms with E-state index in [9.17, 15) is 0 Å². The highest BCUT2D eigenvalue weighted by Crippen LogP contribution is 2.34. The fourth-order valence-corrected chi connectivity index (χ4v) is 5.82. The van der Waals surface area contributed by atoms with Gasteiger partial charge in [0.05, 0.1) is 5.38 Å². The Kier molecular flexibility index (Phi) is 7.78. The normalized spacial score (nSPS) is 28.5. The molecule has 0 amide bonds. The number of rotatable bonds is 8. The van der Waals surface area contributed by atoms with E-state index in [-0.39, 0.29) is 5.38 Å². The summed E-state index contributed by atoms with van der Waals surface area (Å²) in [6, 6.07) is 9.38. The zero-order valence-corrected chi connectivity index (χ0v) is 19.6. The molecule has 30 heavy (non-hydrogen) atoms. The third-order valence-electron chi connectivity index (χ3n) is 7.68. The molecule has 166 valence electrons. The van der Waals surface area contributed by atoms with Crippen molar-refractivity contribution in [2.24, 2.45) is 17.8 Å². The molecule has 0 saturated carbocycles. The van der Waals surface area contributed by atoms with Crippen molar-refractivity contribution < 1.29 is 0 Å². The Hall–Kier alpha value is -1.03. The summed E-state index contributed by atoms with van der Waals surface area (Å²) in [6.07, 6.45) is 11.0. The Bertz CT molecular complexity index is 695. The van der Waals surface area contributed by atoms with Crippen molar-refractivity contribution in [2.45, 2.75) is 63.3 Å². The summed E-state index contributed by atoms with van der Waals surface area (Å²) in [6.45, 7) is 10.6. The van der Waals surface area contributed by atoms with Crippen LogP contribution in [0.25, 0.3) is 0 Å². The molecular weight excluding hydrogens is 390 g/mol. The van der Waals surface area contributed by atoms with Crippen LogP contribution in [0.1, 0.15) is 57.4 Å². The largest absolute Gasteiger partial charge is 0.384 e. The average Bonchev–Trinajstić information content (AvgIpc) is 3.17. The highest BCUT2D eigenvalue weighted by Gasteiger charge is 2.29. The lowest BCUT2D eigenvalue weighted by molar-refractivity contribution is 0.135. The van der Waals surface area contributed by atoms with Crippen LogP contribution in [0.3, 0.4) is 0 Å². The Morgan fingerprint density at radius 1 is 1.10 bits per heavy atom. The Balaban J connectivity index is 1.20. The molecule has 4 heteroatoms. The Morgan fingerprint density at radius 2 is 1.90 bits per heavy atom. The van der Waals surface area contributed by atoms with Crippen LogP contribution in [0.4, 0.5) is 5.69 Å². The van der Waals surface area contributed by atoms with E-state index in [1.165, 1.54) is 56.6 Å². The minimum absolute atomic E-state index is 0.271. The zero-order valence-electron chi connectivity index (χ0n) is 18.8. The van der Waals surface area contributed by atoms with Crippen molar-refractivity contribution in [1.29, 1.82) is 0 Å². The summed E-state index contributed by atoms with van der Waals surface area (Å²) >= 11 is 6.23. The van der Waals surface area contributed by atoms with Crippen LogP contribution in [0, 0.1) is 17.8 Å². The molecule has 2 aliphatic heterocycles. The van der Waals surface area contributed by atoms with Crippen molar-refractivity contribution >= 4 is 17.3 Å². The second kappa shape index (κ2) is 10.5. The van der Waals surface area contributed by atoms with E-state index < -0.39 is 0 Å². The summed E-state index contributed by atoms with van der Waals surface area (Å²) in [5, 5.41) is 7.74. The van der Waals surface area contributed by atoms with Gasteiger partial charge in [0, 0.05) is 30.7 Å². The molecule has 2 heterocycles. The highest BCUT2D eigenvalue weighted by atomic mass is 35.5. The number of para-hydroxylation sites is 1. The van der Waals surface area contributed by atoms with Crippen LogP contribution in [-0.4, -0.2) is 49.0 Å². The SMILES string of the molecule is CC(C)[C@H](CN1CCC(C2C=CC(Cl)CC2)CC1)NCCC1CNc2ccccc21. The smallest absolute Gasteiger partial charge is 0.0516 e. The van der Waals surface area contributed by atoms with Crippen LogP contribution < -0.4 is 10.6 Å². The molecule has 3 unspecified atom stereocenters. The van der Waals surface area contributed by atoms with Crippen molar-refractivity contribution in [2.75, 3.05) is 38.0 Å². The van der Waals surface area contributed by atoms with E-state index >= 15 is 0 Å². The van der Waals surface area contributed by atoms with Gasteiger partial charge in [-0.3, -0.25) is 0 Å². The predicted octanol–water partition coefficient (Wildman–Crippen LogP) is 5.49. The fraction of sp³-hybridized carbons (Fsp3) is 0.692. The second-order valence-electron chi connectivity index (χ2n) is 10.0. The molecule has 1 aromatic carbocycles. The maximum atomic E-state index is 6.23. The van der Waals surface area contributed by atoms with Gasteiger partial charge in [-0.1, -0.05) is 44.2 Å². The van der Waals surface area contributed by atoms with Gasteiger partial charge in [0.25, 0.3) is 0 Å². The van der Waals surface area contributed by atoms with Crippen LogP contribution in [0.15, 0.2) is 36.4 Å². The van der Waals surface area contributed by atoms with E-state index in [1.54, 1.807) is 0 Å². The van der Waals surface area contributed by atoms with E-state index in [2.05, 4.69) is 65.8 Å². The summed E-state index contributed by atoms with van der Waals surface area (Å²) in [4.78, 5) is 2.71. The van der Waals surface area contributed by atoms with E-state index in [1.807, 2.05) is 0 Å². The molecular formula is C26H40ClN3. The van der Waals surface area contributed by atoms with Crippen molar-refractivity contribution in [1.82, 2.24) is 10.2 Å². The minimum Gasteiger partial charge on any atom is -0.384 e. The molecule has 1 aromatic rings. The van der Waals surface area contributed by atoms with Crippen LogP contribution >= 0.6 is 11.6 Å². The van der Waals surface area contributed by atoms with Gasteiger partial charge in [-0.2, -0.15) is 0 Å². The number of nitrogens with one attached hydrogen (secondary N) is 2. The lowest BCUT2D eigenvalue weighted by Gasteiger charge is -2.38. The standard InChI is InChI=1S/C26H40ClN3/c1-19(2)26(28-14-11-22-17-29-25-6-4-3-5-24(22)25)18-30-15-12-21(13-16-30)20-7-9-23(27)10-8-20/h3-7,9,19-23,26,28-29H,8,10-18H2,1-2H3/t20?,22?,23?,26-/m0/s1. The first-order valence-electron chi connectivity index (χ1n) is 12.2. The molecule has 0 radical (unpaired) electrons. The number of hydrogen-bond acceptors (Lipinski definition) is 3. The fourth-order valence-electron chi connectivity index (χ4n) is 5.61. The number of anilines is 1. The van der Waals surface area contributed by atoms with Crippen LogP contribution in [0.2, 0.25) is 0 Å². The Labute approximate surface area is 188 Å². The third-order valence-corrected chi connectivity index (χ3v) is 8.04. The molecule has 0 aromatic heterocycles. The van der Waals surface area contributed by atoms with Gasteiger partial charge in [0.1, 0.15) is 0 Å². The van der Waals surface area contributed by atoms with Crippen LogP contribution in [-0.2, 0) is 0 Å².